The first-order valence-corrected chi connectivity index (χ1v) is 12.4. The molecule has 1 heterocycles. The molecule has 0 aromatic rings. The molecular weight excluding hydrogens is 398 g/mol. The Morgan fingerprint density at radius 3 is 2.53 bits per heavy atom. The summed E-state index contributed by atoms with van der Waals surface area (Å²) in [6, 6.07) is -0.130. The number of hydrazine groups is 1. The van der Waals surface area contributed by atoms with Gasteiger partial charge in [0.2, 0.25) is 5.91 Å². The Kier molecular flexibility index (Phi) is 12.5. The molecule has 1 aliphatic heterocycles. The van der Waals surface area contributed by atoms with Gasteiger partial charge in [-0.1, -0.05) is 59.6 Å². The van der Waals surface area contributed by atoms with E-state index in [0.717, 1.165) is 75.9 Å². The lowest BCUT2D eigenvalue weighted by Crippen LogP contribution is -2.53. The number of rotatable bonds is 15. The Hall–Kier alpha value is -1.95. The second-order valence-corrected chi connectivity index (χ2v) is 10.2. The first-order valence-electron chi connectivity index (χ1n) is 12.4. The first-order chi connectivity index (χ1) is 15.1. The monoisotopic (exact) mass is 447 g/mol. The fourth-order valence-corrected chi connectivity index (χ4v) is 4.13. The molecule has 0 aromatic carbocycles. The van der Waals surface area contributed by atoms with Crippen LogP contribution >= 0.6 is 0 Å². The zero-order valence-corrected chi connectivity index (χ0v) is 21.2. The van der Waals surface area contributed by atoms with Crippen LogP contribution in [-0.2, 0) is 4.79 Å². The van der Waals surface area contributed by atoms with Gasteiger partial charge < -0.3 is 21.0 Å². The normalized spacial score (nSPS) is 17.8. The molecule has 1 fully saturated rings. The second-order valence-electron chi connectivity index (χ2n) is 10.2. The third-order valence-corrected chi connectivity index (χ3v) is 6.11. The predicted octanol–water partition coefficient (Wildman–Crippen LogP) is 4.80. The SMILES string of the molecule is C=CC1CCCN1C(=O)C(NC(=C)CCCCC/C(N)=C/N(N)CCCCC)C(C)(C)C. The Balaban J connectivity index is 2.41. The van der Waals surface area contributed by atoms with Gasteiger partial charge >= 0.3 is 0 Å². The van der Waals surface area contributed by atoms with E-state index in [-0.39, 0.29) is 23.4 Å². The standard InChI is InChI=1S/C26H49N5O/c1-7-9-13-18-30(28)20-22(27)16-12-10-11-15-21(3)29-24(26(4,5)6)25(32)31-19-14-17-23(31)8-2/h8,20,23-24,29H,2-3,7,9-19,27-28H2,1,4-6H3/b22-20-. The van der Waals surface area contributed by atoms with Gasteiger partial charge in [-0.05, 0) is 50.4 Å². The zero-order chi connectivity index (χ0) is 24.1. The molecule has 1 amide bonds. The fraction of sp³-hybridized carbons (Fsp3) is 0.731. The second kappa shape index (κ2) is 14.2. The van der Waals surface area contributed by atoms with Crippen LogP contribution in [0, 0.1) is 5.41 Å². The predicted molar refractivity (Wildman–Crippen MR) is 136 cm³/mol. The average molecular weight is 448 g/mol. The van der Waals surface area contributed by atoms with Gasteiger partial charge in [0.05, 0.1) is 0 Å². The number of unbranched alkanes of at least 4 members (excludes halogenated alkanes) is 4. The lowest BCUT2D eigenvalue weighted by molar-refractivity contribution is -0.136. The van der Waals surface area contributed by atoms with Crippen LogP contribution in [0.25, 0.3) is 0 Å². The topological polar surface area (TPSA) is 87.6 Å². The van der Waals surface area contributed by atoms with Crippen LogP contribution in [0.2, 0.25) is 0 Å². The number of carbonyl (C=O) groups excluding carboxylic acids is 1. The van der Waals surface area contributed by atoms with E-state index in [1.165, 1.54) is 12.8 Å². The minimum atomic E-state index is -0.280. The number of allylic oxidation sites excluding steroid dienone is 2. The largest absolute Gasteiger partial charge is 0.401 e. The lowest BCUT2D eigenvalue weighted by atomic mass is 9.85. The number of nitrogens with one attached hydrogen (secondary N) is 1. The lowest BCUT2D eigenvalue weighted by Gasteiger charge is -2.36. The van der Waals surface area contributed by atoms with Crippen molar-refractivity contribution in [1.29, 1.82) is 0 Å². The molecule has 6 nitrogen and oxygen atoms in total. The van der Waals surface area contributed by atoms with Crippen molar-refractivity contribution in [2.45, 2.75) is 104 Å². The third kappa shape index (κ3) is 10.1. The van der Waals surface area contributed by atoms with Crippen LogP contribution in [0.15, 0.2) is 36.8 Å². The van der Waals surface area contributed by atoms with Gasteiger partial charge in [-0.3, -0.25) is 4.79 Å². The van der Waals surface area contributed by atoms with E-state index in [1.807, 2.05) is 17.2 Å². The highest BCUT2D eigenvalue weighted by molar-refractivity contribution is 5.83. The van der Waals surface area contributed by atoms with E-state index in [4.69, 9.17) is 11.6 Å². The van der Waals surface area contributed by atoms with Crippen LogP contribution in [0.5, 0.6) is 0 Å². The van der Waals surface area contributed by atoms with Crippen LogP contribution in [0.1, 0.15) is 91.9 Å². The summed E-state index contributed by atoms with van der Waals surface area (Å²) in [7, 11) is 0. The van der Waals surface area contributed by atoms with Gasteiger partial charge in [0, 0.05) is 36.7 Å². The van der Waals surface area contributed by atoms with E-state index in [2.05, 4.69) is 46.2 Å². The van der Waals surface area contributed by atoms with Gasteiger partial charge in [-0.2, -0.15) is 0 Å². The molecular formula is C26H49N5O. The third-order valence-electron chi connectivity index (χ3n) is 6.11. The number of carbonyl (C=O) groups is 1. The summed E-state index contributed by atoms with van der Waals surface area (Å²) in [5.41, 5.74) is 7.68. The summed E-state index contributed by atoms with van der Waals surface area (Å²) < 4.78 is 0. The van der Waals surface area contributed by atoms with Gasteiger partial charge in [0.15, 0.2) is 0 Å². The van der Waals surface area contributed by atoms with Crippen molar-refractivity contribution in [2.24, 2.45) is 17.0 Å². The first kappa shape index (κ1) is 28.1. The molecule has 184 valence electrons. The van der Waals surface area contributed by atoms with E-state index < -0.39 is 0 Å². The maximum atomic E-state index is 13.3. The molecule has 0 bridgehead atoms. The summed E-state index contributed by atoms with van der Waals surface area (Å²) in [5.74, 6) is 6.13. The van der Waals surface area contributed by atoms with E-state index in [1.54, 1.807) is 5.01 Å². The van der Waals surface area contributed by atoms with Crippen molar-refractivity contribution in [3.05, 3.63) is 36.8 Å². The smallest absolute Gasteiger partial charge is 0.246 e. The minimum absolute atomic E-state index is 0.150. The molecule has 0 aliphatic carbocycles. The van der Waals surface area contributed by atoms with Crippen LogP contribution in [0.3, 0.4) is 0 Å². The van der Waals surface area contributed by atoms with Crippen molar-refractivity contribution < 1.29 is 4.79 Å². The summed E-state index contributed by atoms with van der Waals surface area (Å²) in [5, 5.41) is 5.16. The molecule has 6 heteroatoms. The van der Waals surface area contributed by atoms with Crippen molar-refractivity contribution >= 4 is 5.91 Å². The number of nitrogens with two attached hydrogens (primary N) is 2. The summed E-state index contributed by atoms with van der Waals surface area (Å²) in [6.07, 6.45) is 14.1. The highest BCUT2D eigenvalue weighted by Gasteiger charge is 2.37. The maximum Gasteiger partial charge on any atom is 0.246 e. The van der Waals surface area contributed by atoms with Crippen molar-refractivity contribution in [1.82, 2.24) is 15.2 Å². The molecule has 1 saturated heterocycles. The van der Waals surface area contributed by atoms with Gasteiger partial charge in [-0.15, -0.1) is 6.58 Å². The van der Waals surface area contributed by atoms with Crippen molar-refractivity contribution in [3.8, 4) is 0 Å². The van der Waals surface area contributed by atoms with Gasteiger partial charge in [0.1, 0.15) is 6.04 Å². The molecule has 2 unspecified atom stereocenters. The number of hydrogen-bond acceptors (Lipinski definition) is 5. The molecule has 1 rings (SSSR count). The summed E-state index contributed by atoms with van der Waals surface area (Å²) in [6.45, 7) is 18.3. The van der Waals surface area contributed by atoms with Crippen LogP contribution in [0.4, 0.5) is 0 Å². The molecule has 2 atom stereocenters. The Morgan fingerprint density at radius 1 is 1.22 bits per heavy atom. The Morgan fingerprint density at radius 2 is 1.91 bits per heavy atom. The highest BCUT2D eigenvalue weighted by Crippen LogP contribution is 2.27. The van der Waals surface area contributed by atoms with Crippen molar-refractivity contribution in [2.75, 3.05) is 13.1 Å². The zero-order valence-electron chi connectivity index (χ0n) is 21.2. The van der Waals surface area contributed by atoms with Gasteiger partial charge in [-0.25, -0.2) is 5.84 Å². The van der Waals surface area contributed by atoms with E-state index >= 15 is 0 Å². The summed E-state index contributed by atoms with van der Waals surface area (Å²) >= 11 is 0. The Bertz CT molecular complexity index is 622. The minimum Gasteiger partial charge on any atom is -0.401 e. The number of nitrogens with zero attached hydrogens (tertiary/aromatic N) is 2. The highest BCUT2D eigenvalue weighted by atomic mass is 16.2. The molecule has 0 aromatic heterocycles. The molecule has 0 radical (unpaired) electrons. The molecule has 1 aliphatic rings. The quantitative estimate of drug-likeness (QED) is 0.145. The molecule has 32 heavy (non-hydrogen) atoms. The van der Waals surface area contributed by atoms with E-state index in [0.29, 0.717) is 0 Å². The molecule has 0 spiro atoms. The van der Waals surface area contributed by atoms with Gasteiger partial charge in [0.25, 0.3) is 0 Å². The van der Waals surface area contributed by atoms with Crippen molar-refractivity contribution in [3.63, 3.8) is 0 Å². The fourth-order valence-electron chi connectivity index (χ4n) is 4.13. The molecule has 0 saturated carbocycles. The number of likely N-dealkylation sites (tertiary alicyclic amines) is 1. The maximum absolute atomic E-state index is 13.3. The van der Waals surface area contributed by atoms with Crippen LogP contribution < -0.4 is 16.9 Å². The summed E-state index contributed by atoms with van der Waals surface area (Å²) in [4.78, 5) is 15.2. The number of amides is 1. The number of hydrogen-bond donors (Lipinski definition) is 3. The average Bonchev–Trinajstić information content (AvgIpc) is 3.19. The molecule has 5 N–H and O–H groups in total. The Labute approximate surface area is 197 Å². The van der Waals surface area contributed by atoms with E-state index in [9.17, 15) is 4.79 Å². The van der Waals surface area contributed by atoms with Crippen LogP contribution in [-0.4, -0.2) is 41.0 Å².